The summed E-state index contributed by atoms with van der Waals surface area (Å²) in [6.07, 6.45) is 0.311. The van der Waals surface area contributed by atoms with Gasteiger partial charge in [-0.2, -0.15) is 5.26 Å². The third-order valence-corrected chi connectivity index (χ3v) is 1.78. The van der Waals surface area contributed by atoms with Crippen LogP contribution in [0.15, 0.2) is 18.2 Å². The fourth-order valence-corrected chi connectivity index (χ4v) is 1.10. The molecule has 0 saturated carbocycles. The van der Waals surface area contributed by atoms with Gasteiger partial charge in [0.25, 0.3) is 0 Å². The molecule has 0 amide bonds. The van der Waals surface area contributed by atoms with E-state index in [2.05, 4.69) is 5.43 Å². The Morgan fingerprint density at radius 3 is 2.85 bits per heavy atom. The van der Waals surface area contributed by atoms with Gasteiger partial charge in [0.15, 0.2) is 0 Å². The first kappa shape index (κ1) is 9.52. The van der Waals surface area contributed by atoms with Crippen molar-refractivity contribution in [2.24, 2.45) is 5.84 Å². The maximum absolute atomic E-state index is 8.84. The first-order valence-electron chi connectivity index (χ1n) is 3.88. The van der Waals surface area contributed by atoms with Crippen LogP contribution in [0.3, 0.4) is 0 Å². The molecule has 0 saturated heterocycles. The van der Waals surface area contributed by atoms with Gasteiger partial charge in [-0.05, 0) is 17.2 Å². The van der Waals surface area contributed by atoms with Crippen molar-refractivity contribution in [1.82, 2.24) is 0 Å². The van der Waals surface area contributed by atoms with E-state index in [-0.39, 0.29) is 6.61 Å². The molecular weight excluding hydrogens is 166 g/mol. The summed E-state index contributed by atoms with van der Waals surface area (Å²) < 4.78 is 0. The SMILES string of the molecule is N#CCc1ccc(CO)cc1NN. The smallest absolute Gasteiger partial charge is 0.0682 e. The summed E-state index contributed by atoms with van der Waals surface area (Å²) in [6, 6.07) is 7.32. The molecule has 1 rings (SSSR count). The first-order chi connectivity index (χ1) is 6.31. The van der Waals surface area contributed by atoms with Crippen LogP contribution in [0, 0.1) is 11.3 Å². The Labute approximate surface area is 76.6 Å². The average Bonchev–Trinajstić information content (AvgIpc) is 2.19. The molecule has 13 heavy (non-hydrogen) atoms. The molecule has 4 heteroatoms. The molecule has 0 atom stereocenters. The lowest BCUT2D eigenvalue weighted by molar-refractivity contribution is 0.282. The summed E-state index contributed by atoms with van der Waals surface area (Å²) in [5.41, 5.74) is 4.79. The second-order valence-corrected chi connectivity index (χ2v) is 2.63. The van der Waals surface area contributed by atoms with Crippen molar-refractivity contribution < 1.29 is 5.11 Å². The van der Waals surface area contributed by atoms with Crippen LogP contribution in [-0.2, 0) is 13.0 Å². The van der Waals surface area contributed by atoms with Gasteiger partial charge < -0.3 is 10.5 Å². The van der Waals surface area contributed by atoms with E-state index in [1.165, 1.54) is 0 Å². The van der Waals surface area contributed by atoms with Gasteiger partial charge in [0, 0.05) is 0 Å². The maximum atomic E-state index is 8.84. The number of aliphatic hydroxyl groups excluding tert-OH is 1. The van der Waals surface area contributed by atoms with E-state index in [9.17, 15) is 0 Å². The molecule has 0 spiro atoms. The first-order valence-corrected chi connectivity index (χ1v) is 3.88. The molecule has 0 unspecified atom stereocenters. The number of nitriles is 1. The number of rotatable bonds is 3. The van der Waals surface area contributed by atoms with E-state index in [1.807, 2.05) is 6.07 Å². The number of hydrogen-bond acceptors (Lipinski definition) is 4. The highest BCUT2D eigenvalue weighted by Crippen LogP contribution is 2.17. The minimum absolute atomic E-state index is 0.0263. The zero-order valence-electron chi connectivity index (χ0n) is 7.12. The van der Waals surface area contributed by atoms with Crippen LogP contribution in [-0.4, -0.2) is 5.11 Å². The normalized spacial score (nSPS) is 9.31. The number of hydrazine groups is 1. The highest BCUT2D eigenvalue weighted by atomic mass is 16.3. The molecule has 4 nitrogen and oxygen atoms in total. The van der Waals surface area contributed by atoms with Gasteiger partial charge in [-0.3, -0.25) is 5.84 Å². The number of anilines is 1. The summed E-state index contributed by atoms with van der Waals surface area (Å²) in [6.45, 7) is -0.0263. The third-order valence-electron chi connectivity index (χ3n) is 1.78. The van der Waals surface area contributed by atoms with E-state index in [0.717, 1.165) is 11.1 Å². The molecule has 0 fully saturated rings. The summed E-state index contributed by atoms with van der Waals surface area (Å²) >= 11 is 0. The summed E-state index contributed by atoms with van der Waals surface area (Å²) in [5.74, 6) is 5.26. The second-order valence-electron chi connectivity index (χ2n) is 2.63. The molecule has 0 aliphatic heterocycles. The molecule has 0 aromatic heterocycles. The fraction of sp³-hybridized carbons (Fsp3) is 0.222. The van der Waals surface area contributed by atoms with Gasteiger partial charge in [0.1, 0.15) is 0 Å². The number of aliphatic hydroxyl groups is 1. The van der Waals surface area contributed by atoms with Crippen LogP contribution in [0.25, 0.3) is 0 Å². The average molecular weight is 177 g/mol. The molecule has 0 bridgehead atoms. The standard InChI is InChI=1S/C9H11N3O/c10-4-3-8-2-1-7(6-13)5-9(8)12-11/h1-2,5,12-13H,3,6,11H2. The molecule has 0 heterocycles. The van der Waals surface area contributed by atoms with E-state index in [1.54, 1.807) is 18.2 Å². The van der Waals surface area contributed by atoms with Crippen molar-refractivity contribution in [1.29, 1.82) is 5.26 Å². The van der Waals surface area contributed by atoms with Gasteiger partial charge in [-0.15, -0.1) is 0 Å². The highest BCUT2D eigenvalue weighted by Gasteiger charge is 2.01. The second kappa shape index (κ2) is 4.45. The quantitative estimate of drug-likeness (QED) is 0.464. The lowest BCUT2D eigenvalue weighted by Crippen LogP contribution is -2.09. The van der Waals surface area contributed by atoms with Crippen molar-refractivity contribution in [2.75, 3.05) is 5.43 Å². The molecule has 68 valence electrons. The Hall–Kier alpha value is -1.57. The monoisotopic (exact) mass is 177 g/mol. The minimum Gasteiger partial charge on any atom is -0.392 e. The predicted octanol–water partition coefficient (Wildman–Crippen LogP) is 0.531. The van der Waals surface area contributed by atoms with Crippen LogP contribution in [0.1, 0.15) is 11.1 Å². The van der Waals surface area contributed by atoms with Gasteiger partial charge in [-0.25, -0.2) is 0 Å². The van der Waals surface area contributed by atoms with Crippen LogP contribution in [0.4, 0.5) is 5.69 Å². The summed E-state index contributed by atoms with van der Waals surface area (Å²) in [5, 5.41) is 17.3. The van der Waals surface area contributed by atoms with Crippen molar-refractivity contribution in [3.63, 3.8) is 0 Å². The molecular formula is C9H11N3O. The van der Waals surface area contributed by atoms with E-state index < -0.39 is 0 Å². The summed E-state index contributed by atoms with van der Waals surface area (Å²) in [4.78, 5) is 0. The lowest BCUT2D eigenvalue weighted by Gasteiger charge is -2.07. The van der Waals surface area contributed by atoms with E-state index in [4.69, 9.17) is 16.2 Å². The fourth-order valence-electron chi connectivity index (χ4n) is 1.10. The summed E-state index contributed by atoms with van der Waals surface area (Å²) in [7, 11) is 0. The maximum Gasteiger partial charge on any atom is 0.0682 e. The molecule has 0 aliphatic carbocycles. The Kier molecular flexibility index (Phi) is 3.26. The third kappa shape index (κ3) is 2.18. The van der Waals surface area contributed by atoms with Crippen LogP contribution in [0.2, 0.25) is 0 Å². The minimum atomic E-state index is -0.0263. The zero-order chi connectivity index (χ0) is 9.68. The Morgan fingerprint density at radius 1 is 1.54 bits per heavy atom. The molecule has 0 aliphatic rings. The predicted molar refractivity (Wildman–Crippen MR) is 49.5 cm³/mol. The van der Waals surface area contributed by atoms with Crippen molar-refractivity contribution >= 4 is 5.69 Å². The zero-order valence-corrected chi connectivity index (χ0v) is 7.12. The Bertz CT molecular complexity index is 330. The van der Waals surface area contributed by atoms with Crippen LogP contribution < -0.4 is 11.3 Å². The van der Waals surface area contributed by atoms with Crippen molar-refractivity contribution in [3.8, 4) is 6.07 Å². The Morgan fingerprint density at radius 2 is 2.31 bits per heavy atom. The number of nitrogen functional groups attached to an aromatic ring is 1. The highest BCUT2D eigenvalue weighted by molar-refractivity contribution is 5.53. The number of nitrogens with zero attached hydrogens (tertiary/aromatic N) is 1. The van der Waals surface area contributed by atoms with Gasteiger partial charge in [-0.1, -0.05) is 12.1 Å². The molecule has 0 radical (unpaired) electrons. The van der Waals surface area contributed by atoms with Gasteiger partial charge >= 0.3 is 0 Å². The molecule has 4 N–H and O–H groups in total. The largest absolute Gasteiger partial charge is 0.392 e. The van der Waals surface area contributed by atoms with Gasteiger partial charge in [0.2, 0.25) is 0 Å². The number of nitrogens with two attached hydrogens (primary N) is 1. The number of benzene rings is 1. The molecule has 1 aromatic rings. The topological polar surface area (TPSA) is 82.1 Å². The van der Waals surface area contributed by atoms with Crippen LogP contribution >= 0.6 is 0 Å². The van der Waals surface area contributed by atoms with Crippen molar-refractivity contribution in [2.45, 2.75) is 13.0 Å². The van der Waals surface area contributed by atoms with E-state index >= 15 is 0 Å². The van der Waals surface area contributed by atoms with Gasteiger partial charge in [0.05, 0.1) is 24.8 Å². The number of nitrogens with one attached hydrogen (secondary N) is 1. The Balaban J connectivity index is 3.02. The van der Waals surface area contributed by atoms with Crippen molar-refractivity contribution in [3.05, 3.63) is 29.3 Å². The molecule has 1 aromatic carbocycles. The lowest BCUT2D eigenvalue weighted by atomic mass is 10.1. The van der Waals surface area contributed by atoms with Crippen LogP contribution in [0.5, 0.6) is 0 Å². The number of hydrogen-bond donors (Lipinski definition) is 3. The van der Waals surface area contributed by atoms with E-state index in [0.29, 0.717) is 12.1 Å².